The van der Waals surface area contributed by atoms with E-state index < -0.39 is 0 Å². The SMILES string of the molecule is C=CCC(C)NC1CCCC(CC(C)C)C1. The van der Waals surface area contributed by atoms with E-state index in [0.717, 1.165) is 24.3 Å². The molecule has 1 fully saturated rings. The molecule has 1 rings (SSSR count). The van der Waals surface area contributed by atoms with Crippen LogP contribution in [0.1, 0.15) is 59.3 Å². The van der Waals surface area contributed by atoms with Gasteiger partial charge in [-0.25, -0.2) is 0 Å². The Balaban J connectivity index is 2.29. The zero-order valence-corrected chi connectivity index (χ0v) is 11.3. The molecular formula is C15H29N. The van der Waals surface area contributed by atoms with Gasteiger partial charge in [0.15, 0.2) is 0 Å². The number of hydrogen-bond donors (Lipinski definition) is 1. The van der Waals surface area contributed by atoms with Gasteiger partial charge in [-0.3, -0.25) is 0 Å². The summed E-state index contributed by atoms with van der Waals surface area (Å²) in [5, 5.41) is 3.75. The van der Waals surface area contributed by atoms with Crippen molar-refractivity contribution >= 4 is 0 Å². The lowest BCUT2D eigenvalue weighted by atomic mass is 9.81. The molecule has 1 aliphatic rings. The van der Waals surface area contributed by atoms with Crippen LogP contribution in [-0.2, 0) is 0 Å². The predicted octanol–water partition coefficient (Wildman–Crippen LogP) is 4.15. The zero-order chi connectivity index (χ0) is 12.0. The predicted molar refractivity (Wildman–Crippen MR) is 72.6 cm³/mol. The van der Waals surface area contributed by atoms with Gasteiger partial charge in [-0.15, -0.1) is 6.58 Å². The Hall–Kier alpha value is -0.300. The van der Waals surface area contributed by atoms with Crippen LogP contribution in [-0.4, -0.2) is 12.1 Å². The maximum Gasteiger partial charge on any atom is 0.00757 e. The van der Waals surface area contributed by atoms with Gasteiger partial charge in [0.05, 0.1) is 0 Å². The summed E-state index contributed by atoms with van der Waals surface area (Å²) in [6, 6.07) is 1.35. The van der Waals surface area contributed by atoms with Crippen molar-refractivity contribution in [2.45, 2.75) is 71.4 Å². The van der Waals surface area contributed by atoms with Gasteiger partial charge in [0.25, 0.3) is 0 Å². The lowest BCUT2D eigenvalue weighted by Crippen LogP contribution is -2.39. The highest BCUT2D eigenvalue weighted by atomic mass is 14.9. The van der Waals surface area contributed by atoms with Crippen LogP contribution in [0, 0.1) is 11.8 Å². The number of nitrogens with one attached hydrogen (secondary N) is 1. The summed E-state index contributed by atoms with van der Waals surface area (Å²) in [4.78, 5) is 0. The molecule has 0 aromatic carbocycles. The fraction of sp³-hybridized carbons (Fsp3) is 0.867. The molecule has 1 aliphatic carbocycles. The molecule has 0 aliphatic heterocycles. The average molecular weight is 223 g/mol. The Morgan fingerprint density at radius 2 is 2.06 bits per heavy atom. The zero-order valence-electron chi connectivity index (χ0n) is 11.3. The van der Waals surface area contributed by atoms with Crippen LogP contribution in [0.5, 0.6) is 0 Å². The van der Waals surface area contributed by atoms with E-state index in [4.69, 9.17) is 0 Å². The number of hydrogen-bond acceptors (Lipinski definition) is 1. The van der Waals surface area contributed by atoms with E-state index in [9.17, 15) is 0 Å². The van der Waals surface area contributed by atoms with Crippen molar-refractivity contribution in [1.29, 1.82) is 0 Å². The lowest BCUT2D eigenvalue weighted by molar-refractivity contribution is 0.242. The van der Waals surface area contributed by atoms with Crippen molar-refractivity contribution in [3.05, 3.63) is 12.7 Å². The van der Waals surface area contributed by atoms with Crippen molar-refractivity contribution in [2.24, 2.45) is 11.8 Å². The van der Waals surface area contributed by atoms with Crippen LogP contribution in [0.4, 0.5) is 0 Å². The summed E-state index contributed by atoms with van der Waals surface area (Å²) in [5.41, 5.74) is 0. The van der Waals surface area contributed by atoms with Crippen LogP contribution in [0.15, 0.2) is 12.7 Å². The first-order valence-corrected chi connectivity index (χ1v) is 6.98. The standard InChI is InChI=1S/C15H29N/c1-5-7-13(4)16-15-9-6-8-14(11-15)10-12(2)3/h5,12-16H,1,6-11H2,2-4H3. The summed E-state index contributed by atoms with van der Waals surface area (Å²) in [5.74, 6) is 1.82. The van der Waals surface area contributed by atoms with Gasteiger partial charge in [-0.05, 0) is 44.4 Å². The van der Waals surface area contributed by atoms with E-state index in [1.165, 1.54) is 32.1 Å². The maximum atomic E-state index is 3.81. The maximum absolute atomic E-state index is 3.81. The van der Waals surface area contributed by atoms with E-state index in [1.54, 1.807) is 0 Å². The van der Waals surface area contributed by atoms with Crippen molar-refractivity contribution in [3.8, 4) is 0 Å². The molecule has 0 heterocycles. The third-order valence-electron chi connectivity index (χ3n) is 3.63. The summed E-state index contributed by atoms with van der Waals surface area (Å²) >= 11 is 0. The van der Waals surface area contributed by atoms with Crippen molar-refractivity contribution < 1.29 is 0 Å². The molecule has 0 aromatic rings. The minimum Gasteiger partial charge on any atom is -0.311 e. The second-order valence-electron chi connectivity index (χ2n) is 5.95. The second-order valence-corrected chi connectivity index (χ2v) is 5.95. The molecule has 3 unspecified atom stereocenters. The van der Waals surface area contributed by atoms with Crippen molar-refractivity contribution in [1.82, 2.24) is 5.32 Å². The topological polar surface area (TPSA) is 12.0 Å². The highest BCUT2D eigenvalue weighted by molar-refractivity contribution is 4.83. The Kier molecular flexibility index (Phi) is 6.12. The summed E-state index contributed by atoms with van der Waals surface area (Å²) < 4.78 is 0. The van der Waals surface area contributed by atoms with E-state index in [0.29, 0.717) is 6.04 Å². The molecule has 1 heteroatoms. The van der Waals surface area contributed by atoms with Crippen molar-refractivity contribution in [3.63, 3.8) is 0 Å². The summed E-state index contributed by atoms with van der Waals surface area (Å²) in [6.45, 7) is 10.8. The molecule has 0 amide bonds. The fourth-order valence-electron chi connectivity index (χ4n) is 3.04. The summed E-state index contributed by atoms with van der Waals surface area (Å²) in [6.07, 6.45) is 10.1. The molecule has 94 valence electrons. The molecule has 1 saturated carbocycles. The van der Waals surface area contributed by atoms with Gasteiger partial charge in [0, 0.05) is 12.1 Å². The molecule has 3 atom stereocenters. The monoisotopic (exact) mass is 223 g/mol. The van der Waals surface area contributed by atoms with E-state index >= 15 is 0 Å². The van der Waals surface area contributed by atoms with E-state index in [-0.39, 0.29) is 0 Å². The number of rotatable bonds is 6. The molecule has 0 spiro atoms. The first-order chi connectivity index (χ1) is 7.61. The quantitative estimate of drug-likeness (QED) is 0.667. The third-order valence-corrected chi connectivity index (χ3v) is 3.63. The van der Waals surface area contributed by atoms with Gasteiger partial charge in [-0.2, -0.15) is 0 Å². The molecule has 1 N–H and O–H groups in total. The highest BCUT2D eigenvalue weighted by Crippen LogP contribution is 2.29. The molecule has 1 nitrogen and oxygen atoms in total. The van der Waals surface area contributed by atoms with E-state index in [2.05, 4.69) is 32.7 Å². The van der Waals surface area contributed by atoms with Gasteiger partial charge < -0.3 is 5.32 Å². The van der Waals surface area contributed by atoms with Crippen LogP contribution >= 0.6 is 0 Å². The van der Waals surface area contributed by atoms with Crippen LogP contribution in [0.2, 0.25) is 0 Å². The molecule has 16 heavy (non-hydrogen) atoms. The van der Waals surface area contributed by atoms with Gasteiger partial charge in [0.1, 0.15) is 0 Å². The Morgan fingerprint density at radius 1 is 1.31 bits per heavy atom. The Bertz CT molecular complexity index is 198. The normalized spacial score (nSPS) is 28.0. The molecule has 0 saturated heterocycles. The fourth-order valence-corrected chi connectivity index (χ4v) is 3.04. The van der Waals surface area contributed by atoms with Gasteiger partial charge in [0.2, 0.25) is 0 Å². The highest BCUT2D eigenvalue weighted by Gasteiger charge is 2.23. The second kappa shape index (κ2) is 7.11. The van der Waals surface area contributed by atoms with Crippen LogP contribution in [0.3, 0.4) is 0 Å². The van der Waals surface area contributed by atoms with Gasteiger partial charge >= 0.3 is 0 Å². The van der Waals surface area contributed by atoms with Crippen LogP contribution < -0.4 is 5.32 Å². The molecule has 0 aromatic heterocycles. The first kappa shape index (κ1) is 13.8. The largest absolute Gasteiger partial charge is 0.311 e. The molecule has 0 radical (unpaired) electrons. The minimum absolute atomic E-state index is 0.597. The first-order valence-electron chi connectivity index (χ1n) is 6.98. The summed E-state index contributed by atoms with van der Waals surface area (Å²) in [7, 11) is 0. The average Bonchev–Trinajstić information content (AvgIpc) is 2.17. The Morgan fingerprint density at radius 3 is 2.69 bits per heavy atom. The van der Waals surface area contributed by atoms with Crippen LogP contribution in [0.25, 0.3) is 0 Å². The van der Waals surface area contributed by atoms with E-state index in [1.807, 2.05) is 6.08 Å². The minimum atomic E-state index is 0.597. The molecular weight excluding hydrogens is 194 g/mol. The Labute approximate surface area is 102 Å². The lowest BCUT2D eigenvalue weighted by Gasteiger charge is -2.32. The third kappa shape index (κ3) is 5.16. The molecule has 0 bridgehead atoms. The van der Waals surface area contributed by atoms with Crippen molar-refractivity contribution in [2.75, 3.05) is 0 Å². The smallest absolute Gasteiger partial charge is 0.00757 e. The van der Waals surface area contributed by atoms with Gasteiger partial charge in [-0.1, -0.05) is 32.8 Å².